The molecular formula is C20H22BrN3O3. The first kappa shape index (κ1) is 19.2. The van der Waals surface area contributed by atoms with E-state index in [1.807, 2.05) is 43.3 Å². The Balaban J connectivity index is 1.95. The van der Waals surface area contributed by atoms with E-state index in [1.54, 1.807) is 16.9 Å². The fourth-order valence-corrected chi connectivity index (χ4v) is 3.60. The van der Waals surface area contributed by atoms with Gasteiger partial charge < -0.3 is 10.1 Å². The van der Waals surface area contributed by atoms with Gasteiger partial charge in [-0.2, -0.15) is 0 Å². The van der Waals surface area contributed by atoms with E-state index in [9.17, 15) is 9.59 Å². The topological polar surface area (TPSA) is 61.9 Å². The van der Waals surface area contributed by atoms with Gasteiger partial charge in [0.05, 0.1) is 12.8 Å². The normalized spacial score (nSPS) is 13.9. The van der Waals surface area contributed by atoms with Crippen molar-refractivity contribution in [3.8, 4) is 5.75 Å². The van der Waals surface area contributed by atoms with E-state index in [4.69, 9.17) is 4.74 Å². The second-order valence-corrected chi connectivity index (χ2v) is 7.16. The molecule has 0 saturated carbocycles. The highest BCUT2D eigenvalue weighted by Gasteiger charge is 2.33. The molecule has 0 bridgehead atoms. The molecule has 142 valence electrons. The molecule has 27 heavy (non-hydrogen) atoms. The van der Waals surface area contributed by atoms with Crippen molar-refractivity contribution in [1.29, 1.82) is 0 Å². The van der Waals surface area contributed by atoms with Crippen LogP contribution in [0.15, 0.2) is 40.9 Å². The quantitative estimate of drug-likeness (QED) is 0.761. The fraction of sp³-hybridized carbons (Fsp3) is 0.300. The van der Waals surface area contributed by atoms with Gasteiger partial charge in [-0.3, -0.25) is 14.6 Å². The summed E-state index contributed by atoms with van der Waals surface area (Å²) < 4.78 is 6.61. The lowest BCUT2D eigenvalue weighted by atomic mass is 10.1. The van der Waals surface area contributed by atoms with Crippen LogP contribution in [0.5, 0.6) is 5.75 Å². The summed E-state index contributed by atoms with van der Waals surface area (Å²) in [5.41, 5.74) is 3.16. The highest BCUT2D eigenvalue weighted by Crippen LogP contribution is 2.39. The zero-order valence-corrected chi connectivity index (χ0v) is 17.2. The van der Waals surface area contributed by atoms with Crippen LogP contribution in [0.3, 0.4) is 0 Å². The molecule has 0 aliphatic carbocycles. The average molecular weight is 432 g/mol. The van der Waals surface area contributed by atoms with Crippen molar-refractivity contribution in [2.75, 3.05) is 35.3 Å². The summed E-state index contributed by atoms with van der Waals surface area (Å²) in [6.45, 7) is 4.62. The minimum absolute atomic E-state index is 0.0926. The van der Waals surface area contributed by atoms with Crippen molar-refractivity contribution in [2.45, 2.75) is 20.3 Å². The third-order valence-electron chi connectivity index (χ3n) is 4.55. The molecule has 7 heteroatoms. The number of halogens is 1. The predicted molar refractivity (Wildman–Crippen MR) is 111 cm³/mol. The lowest BCUT2D eigenvalue weighted by Crippen LogP contribution is -2.32. The van der Waals surface area contributed by atoms with E-state index in [-0.39, 0.29) is 11.9 Å². The van der Waals surface area contributed by atoms with Crippen LogP contribution in [0, 0.1) is 0 Å². The van der Waals surface area contributed by atoms with Crippen LogP contribution in [0.25, 0.3) is 0 Å². The van der Waals surface area contributed by atoms with Crippen LogP contribution >= 0.6 is 15.9 Å². The Morgan fingerprint density at radius 1 is 1.15 bits per heavy atom. The van der Waals surface area contributed by atoms with Crippen LogP contribution in [-0.4, -0.2) is 32.1 Å². The zero-order chi connectivity index (χ0) is 19.6. The number of benzene rings is 2. The van der Waals surface area contributed by atoms with E-state index in [2.05, 4.69) is 21.2 Å². The van der Waals surface area contributed by atoms with Gasteiger partial charge in [0.2, 0.25) is 5.91 Å². The number of methoxy groups -OCH3 is 1. The summed E-state index contributed by atoms with van der Waals surface area (Å²) in [4.78, 5) is 28.0. The minimum Gasteiger partial charge on any atom is -0.494 e. The molecule has 3 rings (SSSR count). The van der Waals surface area contributed by atoms with Crippen LogP contribution in [0.4, 0.5) is 21.9 Å². The van der Waals surface area contributed by atoms with Crippen molar-refractivity contribution < 1.29 is 14.3 Å². The number of ether oxygens (including phenoxy) is 1. The number of carbonyl (C=O) groups is 2. The number of carbonyl (C=O) groups excluding carboxylic acids is 2. The van der Waals surface area contributed by atoms with Gasteiger partial charge in [0.15, 0.2) is 0 Å². The van der Waals surface area contributed by atoms with E-state index in [0.29, 0.717) is 36.6 Å². The molecule has 6 nitrogen and oxygen atoms in total. The van der Waals surface area contributed by atoms with Gasteiger partial charge in [0.25, 0.3) is 0 Å². The molecule has 0 unspecified atom stereocenters. The third kappa shape index (κ3) is 3.78. The molecule has 0 aromatic heterocycles. The maximum atomic E-state index is 13.0. The molecule has 3 amide bonds. The SMILES string of the molecule is CCc1c(NC(C)=O)ccc(N2CCN(c3ccc(Br)cc3)C2=O)c1OC. The standard InChI is InChI=1S/C20H22BrN3O3/c1-4-16-17(22-13(2)25)9-10-18(19(16)27-3)24-12-11-23(20(24)26)15-7-5-14(21)6-8-15/h5-10H,4,11-12H2,1-3H3,(H,22,25). The number of nitrogens with zero attached hydrogens (tertiary/aromatic N) is 2. The molecule has 1 aliphatic rings. The lowest BCUT2D eigenvalue weighted by Gasteiger charge is -2.23. The Kier molecular flexibility index (Phi) is 5.70. The Labute approximate surface area is 167 Å². The molecule has 1 saturated heterocycles. The van der Waals surface area contributed by atoms with Crippen LogP contribution < -0.4 is 19.9 Å². The first-order chi connectivity index (χ1) is 13.0. The highest BCUT2D eigenvalue weighted by atomic mass is 79.9. The van der Waals surface area contributed by atoms with Crippen LogP contribution in [0.2, 0.25) is 0 Å². The van der Waals surface area contributed by atoms with Crippen LogP contribution in [0.1, 0.15) is 19.4 Å². The van der Waals surface area contributed by atoms with Crippen molar-refractivity contribution in [1.82, 2.24) is 0 Å². The molecule has 2 aromatic rings. The van der Waals surface area contributed by atoms with Gasteiger partial charge in [-0.1, -0.05) is 22.9 Å². The molecule has 2 aromatic carbocycles. The van der Waals surface area contributed by atoms with Crippen molar-refractivity contribution in [3.05, 3.63) is 46.4 Å². The Hall–Kier alpha value is -2.54. The van der Waals surface area contributed by atoms with Crippen LogP contribution in [-0.2, 0) is 11.2 Å². The van der Waals surface area contributed by atoms with E-state index in [1.165, 1.54) is 6.92 Å². The van der Waals surface area contributed by atoms with Gasteiger partial charge in [0.1, 0.15) is 5.75 Å². The number of anilines is 3. The second-order valence-electron chi connectivity index (χ2n) is 6.24. The molecule has 1 N–H and O–H groups in total. The second kappa shape index (κ2) is 8.00. The summed E-state index contributed by atoms with van der Waals surface area (Å²) in [5, 5.41) is 2.83. The number of hydrogen-bond acceptors (Lipinski definition) is 3. The van der Waals surface area contributed by atoms with Gasteiger partial charge >= 0.3 is 6.03 Å². The Bertz CT molecular complexity index is 868. The molecule has 0 atom stereocenters. The summed E-state index contributed by atoms with van der Waals surface area (Å²) in [5.74, 6) is 0.480. The van der Waals surface area contributed by atoms with E-state index < -0.39 is 0 Å². The van der Waals surface area contributed by atoms with Gasteiger partial charge in [0, 0.05) is 41.4 Å². The molecule has 1 aliphatic heterocycles. The smallest absolute Gasteiger partial charge is 0.329 e. The number of rotatable bonds is 5. The Morgan fingerprint density at radius 3 is 2.41 bits per heavy atom. The number of urea groups is 1. The number of amides is 3. The largest absolute Gasteiger partial charge is 0.494 e. The predicted octanol–water partition coefficient (Wildman–Crippen LogP) is 4.43. The van der Waals surface area contributed by atoms with Gasteiger partial charge in [-0.15, -0.1) is 0 Å². The lowest BCUT2D eigenvalue weighted by molar-refractivity contribution is -0.114. The number of hydrogen-bond donors (Lipinski definition) is 1. The van der Waals surface area contributed by atoms with Crippen molar-refractivity contribution in [3.63, 3.8) is 0 Å². The molecular weight excluding hydrogens is 410 g/mol. The monoisotopic (exact) mass is 431 g/mol. The number of nitrogens with one attached hydrogen (secondary N) is 1. The van der Waals surface area contributed by atoms with E-state index in [0.717, 1.165) is 15.7 Å². The Morgan fingerprint density at radius 2 is 1.81 bits per heavy atom. The molecule has 0 spiro atoms. The summed E-state index contributed by atoms with van der Waals surface area (Å²) in [6, 6.07) is 11.2. The maximum Gasteiger partial charge on any atom is 0.329 e. The molecule has 1 heterocycles. The van der Waals surface area contributed by atoms with Gasteiger partial charge in [-0.05, 0) is 42.8 Å². The van der Waals surface area contributed by atoms with Gasteiger partial charge in [-0.25, -0.2) is 4.79 Å². The molecule has 0 radical (unpaired) electrons. The maximum absolute atomic E-state index is 13.0. The minimum atomic E-state index is -0.141. The van der Waals surface area contributed by atoms with Crippen molar-refractivity contribution in [2.24, 2.45) is 0 Å². The average Bonchev–Trinajstić information content (AvgIpc) is 3.02. The molecule has 1 fully saturated rings. The first-order valence-corrected chi connectivity index (χ1v) is 9.57. The summed E-state index contributed by atoms with van der Waals surface area (Å²) in [7, 11) is 1.59. The summed E-state index contributed by atoms with van der Waals surface area (Å²) >= 11 is 3.42. The zero-order valence-electron chi connectivity index (χ0n) is 15.6. The fourth-order valence-electron chi connectivity index (χ4n) is 3.33. The summed E-state index contributed by atoms with van der Waals surface area (Å²) in [6.07, 6.45) is 0.672. The van der Waals surface area contributed by atoms with E-state index >= 15 is 0 Å². The highest BCUT2D eigenvalue weighted by molar-refractivity contribution is 9.10. The van der Waals surface area contributed by atoms with Crippen molar-refractivity contribution >= 4 is 44.9 Å². The third-order valence-corrected chi connectivity index (χ3v) is 5.07. The first-order valence-electron chi connectivity index (χ1n) is 8.78.